The normalized spacial score (nSPS) is 10.5. The molecule has 19 heavy (non-hydrogen) atoms. The van der Waals surface area contributed by atoms with Crippen molar-refractivity contribution < 1.29 is 13.6 Å². The molecule has 4 heteroatoms. The molecule has 0 fully saturated rings. The van der Waals surface area contributed by atoms with Crippen LogP contribution >= 0.6 is 0 Å². The third kappa shape index (κ3) is 2.47. The third-order valence-electron chi connectivity index (χ3n) is 3.04. The number of hydrogen-bond acceptors (Lipinski definition) is 2. The maximum Gasteiger partial charge on any atom is 0.193 e. The Bertz CT molecular complexity index is 665. The molecular formula is C15H13F2NO. The molecule has 0 aromatic heterocycles. The summed E-state index contributed by atoms with van der Waals surface area (Å²) in [5.74, 6) is -2.39. The van der Waals surface area contributed by atoms with Crippen molar-refractivity contribution in [3.63, 3.8) is 0 Å². The molecule has 2 N–H and O–H groups in total. The van der Waals surface area contributed by atoms with Crippen LogP contribution in [0.3, 0.4) is 0 Å². The van der Waals surface area contributed by atoms with E-state index in [1.165, 1.54) is 6.07 Å². The minimum atomic E-state index is -1.04. The SMILES string of the molecule is Cc1cc(C)c(C(=O)c2ccc(F)c(F)c2)cc1N. The van der Waals surface area contributed by atoms with Crippen LogP contribution in [0.25, 0.3) is 0 Å². The molecule has 98 valence electrons. The number of halogens is 2. The van der Waals surface area contributed by atoms with Crippen LogP contribution in [0.4, 0.5) is 14.5 Å². The van der Waals surface area contributed by atoms with E-state index in [1.807, 2.05) is 6.92 Å². The average molecular weight is 261 g/mol. The zero-order valence-corrected chi connectivity index (χ0v) is 10.6. The van der Waals surface area contributed by atoms with Crippen molar-refractivity contribution in [2.24, 2.45) is 0 Å². The molecule has 2 rings (SSSR count). The second kappa shape index (κ2) is 4.80. The summed E-state index contributed by atoms with van der Waals surface area (Å²) in [6.07, 6.45) is 0. The molecule has 0 atom stereocenters. The van der Waals surface area contributed by atoms with Gasteiger partial charge in [-0.1, -0.05) is 6.07 Å². The highest BCUT2D eigenvalue weighted by atomic mass is 19.2. The molecular weight excluding hydrogens is 248 g/mol. The predicted molar refractivity (Wildman–Crippen MR) is 70.1 cm³/mol. The van der Waals surface area contributed by atoms with Gasteiger partial charge in [-0.25, -0.2) is 8.78 Å². The van der Waals surface area contributed by atoms with Gasteiger partial charge in [0.15, 0.2) is 17.4 Å². The molecule has 0 heterocycles. The van der Waals surface area contributed by atoms with Crippen LogP contribution in [-0.4, -0.2) is 5.78 Å². The van der Waals surface area contributed by atoms with E-state index >= 15 is 0 Å². The minimum absolute atomic E-state index is 0.102. The first-order valence-corrected chi connectivity index (χ1v) is 5.76. The first kappa shape index (κ1) is 13.2. The number of nitrogens with two attached hydrogens (primary N) is 1. The van der Waals surface area contributed by atoms with E-state index in [0.717, 1.165) is 23.3 Å². The van der Waals surface area contributed by atoms with Crippen molar-refractivity contribution in [3.8, 4) is 0 Å². The maximum atomic E-state index is 13.1. The predicted octanol–water partition coefficient (Wildman–Crippen LogP) is 3.39. The van der Waals surface area contributed by atoms with Gasteiger partial charge in [0, 0.05) is 16.8 Å². The standard InChI is InChI=1S/C15H13F2NO/c1-8-5-9(2)14(18)7-11(8)15(19)10-3-4-12(16)13(17)6-10/h3-7H,18H2,1-2H3. The summed E-state index contributed by atoms with van der Waals surface area (Å²) in [5, 5.41) is 0. The van der Waals surface area contributed by atoms with E-state index in [9.17, 15) is 13.6 Å². The first-order chi connectivity index (χ1) is 8.90. The van der Waals surface area contributed by atoms with Crippen LogP contribution in [0, 0.1) is 25.5 Å². The van der Waals surface area contributed by atoms with Gasteiger partial charge in [-0.3, -0.25) is 4.79 Å². The van der Waals surface area contributed by atoms with Gasteiger partial charge in [-0.05, 0) is 49.2 Å². The van der Waals surface area contributed by atoms with Gasteiger partial charge in [-0.2, -0.15) is 0 Å². The number of carbonyl (C=O) groups excluding carboxylic acids is 1. The van der Waals surface area contributed by atoms with Gasteiger partial charge in [0.25, 0.3) is 0 Å². The molecule has 0 radical (unpaired) electrons. The van der Waals surface area contributed by atoms with Crippen LogP contribution in [0.15, 0.2) is 30.3 Å². The first-order valence-electron chi connectivity index (χ1n) is 5.76. The molecule has 2 aromatic rings. The van der Waals surface area contributed by atoms with E-state index < -0.39 is 11.6 Å². The highest BCUT2D eigenvalue weighted by Gasteiger charge is 2.15. The number of benzene rings is 2. The van der Waals surface area contributed by atoms with Crippen molar-refractivity contribution in [2.75, 3.05) is 5.73 Å². The third-order valence-corrected chi connectivity index (χ3v) is 3.04. The lowest BCUT2D eigenvalue weighted by Gasteiger charge is -2.09. The Morgan fingerprint density at radius 2 is 1.68 bits per heavy atom. The lowest BCUT2D eigenvalue weighted by Crippen LogP contribution is -2.06. The Balaban J connectivity index is 2.49. The topological polar surface area (TPSA) is 43.1 Å². The highest BCUT2D eigenvalue weighted by Crippen LogP contribution is 2.21. The fraction of sp³-hybridized carbons (Fsp3) is 0.133. The summed E-state index contributed by atoms with van der Waals surface area (Å²) in [7, 11) is 0. The van der Waals surface area contributed by atoms with Crippen LogP contribution in [0.2, 0.25) is 0 Å². The van der Waals surface area contributed by atoms with Crippen LogP contribution < -0.4 is 5.73 Å². The Morgan fingerprint density at radius 1 is 1.00 bits per heavy atom. The van der Waals surface area contributed by atoms with Crippen LogP contribution in [0.5, 0.6) is 0 Å². The fourth-order valence-corrected chi connectivity index (χ4v) is 1.91. The van der Waals surface area contributed by atoms with Gasteiger partial charge < -0.3 is 5.73 Å². The maximum absolute atomic E-state index is 13.1. The number of rotatable bonds is 2. The highest BCUT2D eigenvalue weighted by molar-refractivity contribution is 6.10. The van der Waals surface area contributed by atoms with E-state index in [4.69, 9.17) is 5.73 Å². The quantitative estimate of drug-likeness (QED) is 0.665. The van der Waals surface area contributed by atoms with Crippen molar-refractivity contribution in [1.82, 2.24) is 0 Å². The van der Waals surface area contributed by atoms with Gasteiger partial charge in [-0.15, -0.1) is 0 Å². The lowest BCUT2D eigenvalue weighted by atomic mass is 9.96. The molecule has 0 aliphatic carbocycles. The van der Waals surface area contributed by atoms with Gasteiger partial charge in [0.05, 0.1) is 0 Å². The molecule has 0 spiro atoms. The smallest absolute Gasteiger partial charge is 0.193 e. The van der Waals surface area contributed by atoms with E-state index in [0.29, 0.717) is 11.3 Å². The van der Waals surface area contributed by atoms with Crippen molar-refractivity contribution in [1.29, 1.82) is 0 Å². The number of ketones is 1. The van der Waals surface area contributed by atoms with Crippen LogP contribution in [-0.2, 0) is 0 Å². The molecule has 0 saturated heterocycles. The molecule has 0 aliphatic rings. The van der Waals surface area contributed by atoms with Gasteiger partial charge in [0.2, 0.25) is 0 Å². The molecule has 0 bridgehead atoms. The Kier molecular flexibility index (Phi) is 3.34. The van der Waals surface area contributed by atoms with Crippen LogP contribution in [0.1, 0.15) is 27.0 Å². The van der Waals surface area contributed by atoms with Crippen molar-refractivity contribution in [2.45, 2.75) is 13.8 Å². The Morgan fingerprint density at radius 3 is 2.32 bits per heavy atom. The molecule has 0 aliphatic heterocycles. The van der Waals surface area contributed by atoms with E-state index in [2.05, 4.69) is 0 Å². The number of hydrogen-bond donors (Lipinski definition) is 1. The molecule has 0 unspecified atom stereocenters. The summed E-state index contributed by atoms with van der Waals surface area (Å²) < 4.78 is 26.0. The summed E-state index contributed by atoms with van der Waals surface area (Å²) in [5.41, 5.74) is 8.40. The zero-order chi connectivity index (χ0) is 14.2. The molecule has 2 aromatic carbocycles. The number of nitrogen functional groups attached to an aromatic ring is 1. The Hall–Kier alpha value is -2.23. The summed E-state index contributed by atoms with van der Waals surface area (Å²) in [4.78, 5) is 12.2. The average Bonchev–Trinajstić information content (AvgIpc) is 2.36. The summed E-state index contributed by atoms with van der Waals surface area (Å²) in [6.45, 7) is 3.62. The van der Waals surface area contributed by atoms with Gasteiger partial charge in [0.1, 0.15) is 0 Å². The molecule has 0 saturated carbocycles. The fourth-order valence-electron chi connectivity index (χ4n) is 1.91. The van der Waals surface area contributed by atoms with Gasteiger partial charge >= 0.3 is 0 Å². The summed E-state index contributed by atoms with van der Waals surface area (Å²) >= 11 is 0. The van der Waals surface area contributed by atoms with E-state index in [1.54, 1.807) is 19.1 Å². The monoisotopic (exact) mass is 261 g/mol. The zero-order valence-electron chi connectivity index (χ0n) is 10.6. The van der Waals surface area contributed by atoms with Crippen molar-refractivity contribution >= 4 is 11.5 Å². The molecule has 0 amide bonds. The second-order valence-corrected chi connectivity index (χ2v) is 4.48. The number of aryl methyl sites for hydroxylation is 2. The number of anilines is 1. The number of carbonyl (C=O) groups is 1. The largest absolute Gasteiger partial charge is 0.398 e. The Labute approximate surface area is 109 Å². The molecule has 2 nitrogen and oxygen atoms in total. The second-order valence-electron chi connectivity index (χ2n) is 4.48. The summed E-state index contributed by atoms with van der Waals surface area (Å²) in [6, 6.07) is 6.45. The van der Waals surface area contributed by atoms with E-state index in [-0.39, 0.29) is 11.3 Å². The minimum Gasteiger partial charge on any atom is -0.398 e. The van der Waals surface area contributed by atoms with Crippen molar-refractivity contribution in [3.05, 3.63) is 64.2 Å². The lowest BCUT2D eigenvalue weighted by molar-refractivity contribution is 0.103.